The van der Waals surface area contributed by atoms with Crippen molar-refractivity contribution >= 4 is 29.3 Å². The Bertz CT molecular complexity index is 1300. The second-order valence-corrected chi connectivity index (χ2v) is 9.70. The Morgan fingerprint density at radius 3 is 2.79 bits per heavy atom. The summed E-state index contributed by atoms with van der Waals surface area (Å²) in [5, 5.41) is 0. The van der Waals surface area contributed by atoms with Crippen LogP contribution in [0.2, 0.25) is 0 Å². The molecule has 6 rings (SSSR count). The van der Waals surface area contributed by atoms with Crippen LogP contribution in [0.5, 0.6) is 5.75 Å². The van der Waals surface area contributed by atoms with Gasteiger partial charge < -0.3 is 14.2 Å². The lowest BCUT2D eigenvalue weighted by Gasteiger charge is -2.30. The number of nitrogens with zero attached hydrogens (tertiary/aromatic N) is 1. The largest absolute Gasteiger partial charge is 0.460 e. The zero-order valence-corrected chi connectivity index (χ0v) is 18.8. The SMILES string of the molecule is O=C1CC[C@]2(C(=O)OCc3cc(F)cc4c3O[C@@H](c3ccccc3)OC4)Sc3ccccc3N12. The molecule has 3 aliphatic heterocycles. The molecule has 0 saturated carbocycles. The zero-order chi connectivity index (χ0) is 23.3. The minimum absolute atomic E-state index is 0.108. The molecule has 3 aliphatic rings. The number of anilines is 1. The molecule has 172 valence electrons. The van der Waals surface area contributed by atoms with Crippen LogP contribution in [0.4, 0.5) is 10.1 Å². The molecule has 1 saturated heterocycles. The van der Waals surface area contributed by atoms with Crippen molar-refractivity contribution in [2.24, 2.45) is 0 Å². The smallest absolute Gasteiger partial charge is 0.343 e. The van der Waals surface area contributed by atoms with Crippen molar-refractivity contribution in [1.82, 2.24) is 0 Å². The van der Waals surface area contributed by atoms with Crippen LogP contribution in [0.15, 0.2) is 71.6 Å². The zero-order valence-electron chi connectivity index (χ0n) is 18.0. The molecule has 0 aromatic heterocycles. The van der Waals surface area contributed by atoms with Gasteiger partial charge in [0, 0.05) is 34.4 Å². The van der Waals surface area contributed by atoms with Gasteiger partial charge in [0.15, 0.2) is 4.87 Å². The normalized spacial score (nSPS) is 22.6. The number of esters is 1. The summed E-state index contributed by atoms with van der Waals surface area (Å²) in [6.07, 6.45) is -0.0218. The van der Waals surface area contributed by atoms with Gasteiger partial charge in [-0.3, -0.25) is 9.69 Å². The fourth-order valence-corrected chi connectivity index (χ4v) is 6.10. The lowest BCUT2D eigenvalue weighted by molar-refractivity contribution is -0.148. The topological polar surface area (TPSA) is 65.1 Å². The highest BCUT2D eigenvalue weighted by Gasteiger charge is 2.58. The summed E-state index contributed by atoms with van der Waals surface area (Å²) in [7, 11) is 0. The van der Waals surface area contributed by atoms with E-state index in [9.17, 15) is 14.0 Å². The number of thioether (sulfide) groups is 1. The third-order valence-electron chi connectivity index (χ3n) is 6.25. The number of para-hydroxylation sites is 1. The first-order chi connectivity index (χ1) is 16.5. The van der Waals surface area contributed by atoms with Gasteiger partial charge in [-0.05, 0) is 24.3 Å². The summed E-state index contributed by atoms with van der Waals surface area (Å²) in [5.41, 5.74) is 2.53. The molecular weight excluding hydrogens is 457 g/mol. The number of ether oxygens (including phenoxy) is 3. The van der Waals surface area contributed by atoms with Crippen LogP contribution in [-0.4, -0.2) is 16.7 Å². The number of carbonyl (C=O) groups excluding carboxylic acids is 2. The first-order valence-corrected chi connectivity index (χ1v) is 11.8. The van der Waals surface area contributed by atoms with Crippen LogP contribution < -0.4 is 9.64 Å². The number of carbonyl (C=O) groups is 2. The molecule has 0 unspecified atom stereocenters. The minimum atomic E-state index is -1.13. The van der Waals surface area contributed by atoms with Crippen molar-refractivity contribution in [3.63, 3.8) is 0 Å². The van der Waals surface area contributed by atoms with Gasteiger partial charge in [0.1, 0.15) is 18.2 Å². The number of rotatable bonds is 4. The number of halogens is 1. The Morgan fingerprint density at radius 1 is 1.15 bits per heavy atom. The maximum absolute atomic E-state index is 14.3. The van der Waals surface area contributed by atoms with E-state index < -0.39 is 22.9 Å². The highest BCUT2D eigenvalue weighted by Crippen LogP contribution is 2.56. The molecule has 8 heteroatoms. The maximum atomic E-state index is 14.3. The lowest BCUT2D eigenvalue weighted by atomic mass is 10.1. The average Bonchev–Trinajstić information content (AvgIpc) is 3.38. The average molecular weight is 478 g/mol. The maximum Gasteiger partial charge on any atom is 0.343 e. The van der Waals surface area contributed by atoms with Crippen LogP contribution in [0.25, 0.3) is 0 Å². The van der Waals surface area contributed by atoms with Crippen LogP contribution in [-0.2, 0) is 32.3 Å². The standard InChI is InChI=1S/C26H20FNO5S/c27-19-12-17-14-31-24(16-6-2-1-3-7-16)33-23(17)18(13-19)15-32-25(30)26-11-10-22(29)28(26)20-8-4-5-9-21(20)34-26/h1-9,12-13,24H,10-11,14-15H2/t24-,26+/m0/s1. The van der Waals surface area contributed by atoms with Gasteiger partial charge in [0.05, 0.1) is 12.3 Å². The predicted octanol–water partition coefficient (Wildman–Crippen LogP) is 5.11. The molecule has 3 aromatic rings. The monoisotopic (exact) mass is 477 g/mol. The lowest BCUT2D eigenvalue weighted by Crippen LogP contribution is -2.47. The van der Waals surface area contributed by atoms with Crippen molar-refractivity contribution in [3.8, 4) is 5.75 Å². The van der Waals surface area contributed by atoms with Gasteiger partial charge in [0.25, 0.3) is 0 Å². The summed E-state index contributed by atoms with van der Waals surface area (Å²) >= 11 is 1.34. The molecular formula is C26H20FNO5S. The van der Waals surface area contributed by atoms with Crippen LogP contribution in [0.3, 0.4) is 0 Å². The van der Waals surface area contributed by atoms with Gasteiger partial charge in [0.2, 0.25) is 12.2 Å². The van der Waals surface area contributed by atoms with E-state index in [4.69, 9.17) is 14.2 Å². The quantitative estimate of drug-likeness (QED) is 0.487. The van der Waals surface area contributed by atoms with Crippen molar-refractivity contribution < 1.29 is 28.2 Å². The van der Waals surface area contributed by atoms with Gasteiger partial charge in [-0.2, -0.15) is 0 Å². The Kier molecular flexibility index (Phi) is 5.08. The van der Waals surface area contributed by atoms with E-state index in [1.54, 1.807) is 4.90 Å². The number of hydrogen-bond acceptors (Lipinski definition) is 6. The van der Waals surface area contributed by atoms with Crippen molar-refractivity contribution in [2.75, 3.05) is 4.90 Å². The van der Waals surface area contributed by atoms with E-state index in [2.05, 4.69) is 0 Å². The highest BCUT2D eigenvalue weighted by molar-refractivity contribution is 8.02. The second-order valence-electron chi connectivity index (χ2n) is 8.38. The predicted molar refractivity (Wildman–Crippen MR) is 123 cm³/mol. The molecule has 0 spiro atoms. The van der Waals surface area contributed by atoms with E-state index in [0.29, 0.717) is 23.3 Å². The summed E-state index contributed by atoms with van der Waals surface area (Å²) in [4.78, 5) is 27.3. The Morgan fingerprint density at radius 2 is 1.94 bits per heavy atom. The molecule has 6 nitrogen and oxygen atoms in total. The van der Waals surface area contributed by atoms with Crippen LogP contribution >= 0.6 is 11.8 Å². The second kappa shape index (κ2) is 8.14. The molecule has 1 fully saturated rings. The van der Waals surface area contributed by atoms with E-state index >= 15 is 0 Å². The Hall–Kier alpha value is -3.36. The first-order valence-electron chi connectivity index (χ1n) is 11.0. The number of fused-ring (bicyclic) bond motifs is 4. The van der Waals surface area contributed by atoms with Gasteiger partial charge in [-0.1, -0.05) is 54.2 Å². The third-order valence-corrected chi connectivity index (χ3v) is 7.70. The van der Waals surface area contributed by atoms with Gasteiger partial charge >= 0.3 is 5.97 Å². The van der Waals surface area contributed by atoms with Crippen LogP contribution in [0, 0.1) is 5.82 Å². The summed E-state index contributed by atoms with van der Waals surface area (Å²) in [5.74, 6) is -0.643. The van der Waals surface area contributed by atoms with Gasteiger partial charge in [-0.25, -0.2) is 9.18 Å². The Labute approximate surface area is 199 Å². The fourth-order valence-electron chi connectivity index (χ4n) is 4.69. The van der Waals surface area contributed by atoms with Gasteiger partial charge in [-0.15, -0.1) is 0 Å². The van der Waals surface area contributed by atoms with Crippen molar-refractivity contribution in [2.45, 2.75) is 42.1 Å². The van der Waals surface area contributed by atoms with E-state index in [-0.39, 0.29) is 25.5 Å². The van der Waals surface area contributed by atoms with E-state index in [0.717, 1.165) is 16.1 Å². The summed E-state index contributed by atoms with van der Waals surface area (Å²) in [6, 6.07) is 19.6. The summed E-state index contributed by atoms with van der Waals surface area (Å²) < 4.78 is 31.9. The van der Waals surface area contributed by atoms with E-state index in [1.165, 1.54) is 23.9 Å². The molecule has 0 bridgehead atoms. The molecule has 0 N–H and O–H groups in total. The number of amides is 1. The highest BCUT2D eigenvalue weighted by atomic mass is 32.2. The van der Waals surface area contributed by atoms with E-state index in [1.807, 2.05) is 54.6 Å². The molecule has 34 heavy (non-hydrogen) atoms. The first kappa shape index (κ1) is 21.2. The molecule has 2 atom stereocenters. The fraction of sp³-hybridized carbons (Fsp3) is 0.231. The molecule has 3 heterocycles. The molecule has 0 radical (unpaired) electrons. The van der Waals surface area contributed by atoms with Crippen molar-refractivity contribution in [3.05, 3.63) is 89.2 Å². The molecule has 0 aliphatic carbocycles. The molecule has 3 aromatic carbocycles. The van der Waals surface area contributed by atoms with Crippen LogP contribution in [0.1, 0.15) is 35.8 Å². The minimum Gasteiger partial charge on any atom is -0.460 e. The Balaban J connectivity index is 1.25. The molecule has 1 amide bonds. The number of hydrogen-bond donors (Lipinski definition) is 0. The number of benzene rings is 3. The van der Waals surface area contributed by atoms with Crippen molar-refractivity contribution in [1.29, 1.82) is 0 Å². The summed E-state index contributed by atoms with van der Waals surface area (Å²) in [6.45, 7) is -0.00784. The third kappa shape index (κ3) is 3.36.